The number of aldehydes is 1. The van der Waals surface area contributed by atoms with Crippen LogP contribution in [0.15, 0.2) is 30.6 Å². The number of imide groups is 1. The van der Waals surface area contributed by atoms with Crippen LogP contribution in [-0.4, -0.2) is 58.3 Å². The van der Waals surface area contributed by atoms with Crippen molar-refractivity contribution in [2.75, 3.05) is 18.9 Å². The number of hydrogen-bond donors (Lipinski definition) is 2. The lowest BCUT2D eigenvalue weighted by Crippen LogP contribution is -2.53. The number of anilines is 1. The number of benzene rings is 1. The number of piperidine rings is 1. The summed E-state index contributed by atoms with van der Waals surface area (Å²) in [6.45, 7) is 1.44. The minimum Gasteiger partial charge on any atom is -0.384 e. The highest BCUT2D eigenvalue weighted by atomic mass is 127. The molecular weight excluding hydrogens is 513 g/mol. The Kier molecular flexibility index (Phi) is 7.77. The summed E-state index contributed by atoms with van der Waals surface area (Å²) in [6.07, 6.45) is 6.65. The first kappa shape index (κ1) is 22.9. The predicted molar refractivity (Wildman–Crippen MR) is 123 cm³/mol. The van der Waals surface area contributed by atoms with Gasteiger partial charge in [0, 0.05) is 38.4 Å². The van der Waals surface area contributed by atoms with Crippen LogP contribution in [0.3, 0.4) is 0 Å². The summed E-state index contributed by atoms with van der Waals surface area (Å²) in [5.74, 6) is -1.28. The first-order valence-corrected chi connectivity index (χ1v) is 11.1. The second kappa shape index (κ2) is 10.5. The lowest BCUT2D eigenvalue weighted by atomic mass is 10.0. The van der Waals surface area contributed by atoms with E-state index in [1.54, 1.807) is 18.2 Å². The summed E-state index contributed by atoms with van der Waals surface area (Å²) in [7, 11) is 1.51. The molecule has 3 amide bonds. The topological polar surface area (TPSA) is 113 Å². The predicted octanol–water partition coefficient (Wildman–Crippen LogP) is 2.07. The summed E-state index contributed by atoms with van der Waals surface area (Å²) in [4.78, 5) is 49.5. The number of rotatable bonds is 9. The maximum atomic E-state index is 13.0. The van der Waals surface area contributed by atoms with Crippen molar-refractivity contribution in [3.8, 4) is 0 Å². The summed E-state index contributed by atoms with van der Waals surface area (Å²) in [6, 6.07) is 4.28. The number of likely N-dealkylation sites (N-methyl/N-ethyl adjacent to an activating group) is 1. The molecule has 1 saturated heterocycles. The lowest BCUT2D eigenvalue weighted by molar-refractivity contribution is -0.136. The van der Waals surface area contributed by atoms with Gasteiger partial charge in [0.05, 0.1) is 20.9 Å². The fourth-order valence-corrected chi connectivity index (χ4v) is 3.94. The van der Waals surface area contributed by atoms with Crippen molar-refractivity contribution in [2.24, 2.45) is 0 Å². The zero-order valence-electron chi connectivity index (χ0n) is 17.1. The quantitative estimate of drug-likeness (QED) is 0.219. The number of amides is 3. The van der Waals surface area contributed by atoms with E-state index in [0.717, 1.165) is 23.0 Å². The molecule has 1 aromatic heterocycles. The van der Waals surface area contributed by atoms with Gasteiger partial charge in [-0.25, -0.2) is 0 Å². The van der Waals surface area contributed by atoms with Crippen LogP contribution in [-0.2, 0) is 16.1 Å². The number of hydrogen-bond acceptors (Lipinski definition) is 6. The van der Waals surface area contributed by atoms with E-state index in [9.17, 15) is 19.2 Å². The molecule has 2 aromatic rings. The van der Waals surface area contributed by atoms with Gasteiger partial charge in [0.1, 0.15) is 6.04 Å². The SMILES string of the molecule is CN(C(=O)c1cccc(NCCCCn2cc(I)cn2)c1C=O)C1CCC(=O)NC1=O. The highest BCUT2D eigenvalue weighted by Gasteiger charge is 2.33. The summed E-state index contributed by atoms with van der Waals surface area (Å²) in [5.41, 5.74) is 1.05. The number of carbonyl (C=O) groups is 4. The van der Waals surface area contributed by atoms with Crippen molar-refractivity contribution in [2.45, 2.75) is 38.3 Å². The molecule has 1 atom stereocenters. The third-order valence-electron chi connectivity index (χ3n) is 5.18. The monoisotopic (exact) mass is 537 g/mol. The third-order valence-corrected chi connectivity index (χ3v) is 5.74. The molecule has 10 heteroatoms. The van der Waals surface area contributed by atoms with E-state index in [2.05, 4.69) is 38.3 Å². The molecular formula is C21H24IN5O4. The Hall–Kier alpha value is -2.76. The Balaban J connectivity index is 1.62. The van der Waals surface area contributed by atoms with E-state index < -0.39 is 17.9 Å². The Morgan fingerprint density at radius 1 is 1.39 bits per heavy atom. The van der Waals surface area contributed by atoms with Crippen LogP contribution in [0, 0.1) is 3.57 Å². The molecule has 31 heavy (non-hydrogen) atoms. The van der Waals surface area contributed by atoms with Gasteiger partial charge < -0.3 is 10.2 Å². The van der Waals surface area contributed by atoms with Gasteiger partial charge >= 0.3 is 0 Å². The van der Waals surface area contributed by atoms with Crippen molar-refractivity contribution in [1.82, 2.24) is 20.0 Å². The van der Waals surface area contributed by atoms with Crippen molar-refractivity contribution < 1.29 is 19.2 Å². The van der Waals surface area contributed by atoms with Crippen molar-refractivity contribution in [3.05, 3.63) is 45.3 Å². The van der Waals surface area contributed by atoms with Crippen molar-refractivity contribution >= 4 is 52.3 Å². The molecule has 0 aliphatic carbocycles. The molecule has 1 aromatic carbocycles. The number of carbonyl (C=O) groups excluding carboxylic acids is 4. The largest absolute Gasteiger partial charge is 0.384 e. The van der Waals surface area contributed by atoms with Crippen molar-refractivity contribution in [1.29, 1.82) is 0 Å². The number of aryl methyl sites for hydroxylation is 1. The molecule has 1 fully saturated rings. The van der Waals surface area contributed by atoms with Gasteiger partial charge in [-0.05, 0) is 54.0 Å². The van der Waals surface area contributed by atoms with Gasteiger partial charge in [0.2, 0.25) is 11.8 Å². The average Bonchev–Trinajstić information content (AvgIpc) is 3.17. The highest BCUT2D eigenvalue weighted by molar-refractivity contribution is 14.1. The van der Waals surface area contributed by atoms with E-state index in [-0.39, 0.29) is 29.9 Å². The molecule has 0 bridgehead atoms. The smallest absolute Gasteiger partial charge is 0.255 e. The Morgan fingerprint density at radius 3 is 2.87 bits per heavy atom. The first-order valence-electron chi connectivity index (χ1n) is 10.0. The molecule has 9 nitrogen and oxygen atoms in total. The maximum absolute atomic E-state index is 13.0. The number of unbranched alkanes of at least 4 members (excludes halogenated alkanes) is 1. The van der Waals surface area contributed by atoms with Crippen molar-refractivity contribution in [3.63, 3.8) is 0 Å². The summed E-state index contributed by atoms with van der Waals surface area (Å²) >= 11 is 2.22. The molecule has 1 aliphatic rings. The van der Waals surface area contributed by atoms with Gasteiger partial charge in [0.25, 0.3) is 5.91 Å². The molecule has 3 rings (SSSR count). The van der Waals surface area contributed by atoms with Crippen LogP contribution >= 0.6 is 22.6 Å². The van der Waals surface area contributed by atoms with E-state index in [4.69, 9.17) is 0 Å². The van der Waals surface area contributed by atoms with Gasteiger partial charge in [0.15, 0.2) is 6.29 Å². The second-order valence-corrected chi connectivity index (χ2v) is 8.57. The van der Waals surface area contributed by atoms with Crippen LogP contribution in [0.25, 0.3) is 0 Å². The number of aromatic nitrogens is 2. The van der Waals surface area contributed by atoms with Crippen LogP contribution in [0.1, 0.15) is 46.4 Å². The maximum Gasteiger partial charge on any atom is 0.255 e. The van der Waals surface area contributed by atoms with E-state index >= 15 is 0 Å². The standard InChI is InChI=1S/C21H24IN5O4/c1-26(18-7-8-19(29)25-20(18)30)21(31)15-5-4-6-17(16(15)13-28)23-9-2-3-10-27-12-14(22)11-24-27/h4-6,11-13,18,23H,2-3,7-10H2,1H3,(H,25,29,30). The molecule has 0 saturated carbocycles. The second-order valence-electron chi connectivity index (χ2n) is 7.32. The normalized spacial score (nSPS) is 16.0. The molecule has 164 valence electrons. The van der Waals surface area contributed by atoms with Crippen LogP contribution in [0.2, 0.25) is 0 Å². The Morgan fingerprint density at radius 2 is 2.19 bits per heavy atom. The van der Waals surface area contributed by atoms with Gasteiger partial charge in [-0.2, -0.15) is 5.10 Å². The van der Waals surface area contributed by atoms with Gasteiger partial charge in [-0.3, -0.25) is 29.2 Å². The fourth-order valence-electron chi connectivity index (χ4n) is 3.50. The zero-order chi connectivity index (χ0) is 22.4. The molecule has 2 heterocycles. The molecule has 2 N–H and O–H groups in total. The number of halogens is 1. The van der Waals surface area contributed by atoms with Crippen LogP contribution in [0.5, 0.6) is 0 Å². The Bertz CT molecular complexity index is 990. The van der Waals surface area contributed by atoms with Crippen LogP contribution < -0.4 is 10.6 Å². The minimum absolute atomic E-state index is 0.174. The zero-order valence-corrected chi connectivity index (χ0v) is 19.3. The first-order chi connectivity index (χ1) is 14.9. The van der Waals surface area contributed by atoms with Gasteiger partial charge in [-0.1, -0.05) is 6.07 Å². The molecule has 1 aliphatic heterocycles. The number of nitrogens with zero attached hydrogens (tertiary/aromatic N) is 3. The third kappa shape index (κ3) is 5.69. The molecule has 0 radical (unpaired) electrons. The van der Waals surface area contributed by atoms with E-state index in [1.165, 1.54) is 11.9 Å². The summed E-state index contributed by atoms with van der Waals surface area (Å²) < 4.78 is 2.98. The molecule has 0 spiro atoms. The molecule has 1 unspecified atom stereocenters. The average molecular weight is 537 g/mol. The number of nitrogens with one attached hydrogen (secondary N) is 2. The van der Waals surface area contributed by atoms with E-state index in [1.807, 2.05) is 17.1 Å². The Labute approximate surface area is 193 Å². The minimum atomic E-state index is -0.744. The highest BCUT2D eigenvalue weighted by Crippen LogP contribution is 2.22. The fraction of sp³-hybridized carbons (Fsp3) is 0.381. The van der Waals surface area contributed by atoms with Gasteiger partial charge in [-0.15, -0.1) is 0 Å². The van der Waals surface area contributed by atoms with E-state index in [0.29, 0.717) is 18.5 Å². The van der Waals surface area contributed by atoms with Crippen LogP contribution in [0.4, 0.5) is 5.69 Å². The summed E-state index contributed by atoms with van der Waals surface area (Å²) in [5, 5.41) is 9.72. The lowest BCUT2D eigenvalue weighted by Gasteiger charge is -2.30.